The third kappa shape index (κ3) is 4.01. The fraction of sp³-hybridized carbons (Fsp3) is 0.500. The predicted molar refractivity (Wildman–Crippen MR) is 86.0 cm³/mol. The first kappa shape index (κ1) is 17.6. The minimum atomic E-state index is -0.0575. The van der Waals surface area contributed by atoms with Gasteiger partial charge < -0.3 is 10.6 Å². The predicted octanol–water partition coefficient (Wildman–Crippen LogP) is 3.61. The molecule has 3 nitrogen and oxygen atoms in total. The monoisotopic (exact) mass is 336 g/mol. The van der Waals surface area contributed by atoms with Crippen LogP contribution in [-0.4, -0.2) is 29.9 Å². The van der Waals surface area contributed by atoms with E-state index >= 15 is 0 Å². The number of benzene rings is 1. The van der Waals surface area contributed by atoms with Gasteiger partial charge >= 0.3 is 0 Å². The van der Waals surface area contributed by atoms with Crippen LogP contribution in [0.5, 0.6) is 0 Å². The zero-order chi connectivity index (χ0) is 14.0. The second-order valence-electron chi connectivity index (χ2n) is 5.14. The van der Waals surface area contributed by atoms with E-state index in [1.807, 2.05) is 11.8 Å². The molecule has 2 atom stereocenters. The maximum atomic E-state index is 12.5. The molecule has 0 aliphatic carbocycles. The first-order valence-corrected chi connectivity index (χ1v) is 7.24. The molecule has 20 heavy (non-hydrogen) atoms. The first-order chi connectivity index (χ1) is 8.99. The van der Waals surface area contributed by atoms with Crippen molar-refractivity contribution >= 4 is 41.5 Å². The highest BCUT2D eigenvalue weighted by Crippen LogP contribution is 2.25. The van der Waals surface area contributed by atoms with Crippen molar-refractivity contribution in [3.8, 4) is 0 Å². The smallest absolute Gasteiger partial charge is 0.255 e. The van der Waals surface area contributed by atoms with Gasteiger partial charge in [-0.1, -0.05) is 23.2 Å². The Morgan fingerprint density at radius 3 is 2.80 bits per heavy atom. The Balaban J connectivity index is 0.00000200. The van der Waals surface area contributed by atoms with Gasteiger partial charge in [-0.2, -0.15) is 0 Å². The number of amides is 1. The summed E-state index contributed by atoms with van der Waals surface area (Å²) < 4.78 is 0. The third-order valence-electron chi connectivity index (χ3n) is 3.65. The van der Waals surface area contributed by atoms with E-state index in [4.69, 9.17) is 28.9 Å². The molecule has 0 aromatic heterocycles. The van der Waals surface area contributed by atoms with Gasteiger partial charge in [-0.3, -0.25) is 4.79 Å². The van der Waals surface area contributed by atoms with Crippen LogP contribution in [0.4, 0.5) is 0 Å². The van der Waals surface area contributed by atoms with Gasteiger partial charge in [0.05, 0.1) is 10.6 Å². The van der Waals surface area contributed by atoms with Crippen LogP contribution in [0.2, 0.25) is 10.0 Å². The summed E-state index contributed by atoms with van der Waals surface area (Å²) in [6.45, 7) is 3.44. The van der Waals surface area contributed by atoms with Crippen molar-refractivity contribution in [1.29, 1.82) is 0 Å². The standard InChI is InChI=1S/C14H18Cl2N2O.ClH/c1-9(17)10-3-2-6-18(8-10)14(19)12-7-11(15)4-5-13(12)16;/h4-5,7,9-10H,2-3,6,8,17H2,1H3;1H. The van der Waals surface area contributed by atoms with Gasteiger partial charge in [0.2, 0.25) is 0 Å². The molecule has 1 heterocycles. The highest BCUT2D eigenvalue weighted by molar-refractivity contribution is 6.35. The van der Waals surface area contributed by atoms with Crippen LogP contribution in [-0.2, 0) is 0 Å². The topological polar surface area (TPSA) is 46.3 Å². The van der Waals surface area contributed by atoms with Crippen LogP contribution >= 0.6 is 35.6 Å². The van der Waals surface area contributed by atoms with E-state index in [0.717, 1.165) is 19.4 Å². The summed E-state index contributed by atoms with van der Waals surface area (Å²) >= 11 is 12.0. The molecule has 6 heteroatoms. The molecule has 112 valence electrons. The molecule has 1 amide bonds. The molecule has 1 aromatic carbocycles. The van der Waals surface area contributed by atoms with Crippen molar-refractivity contribution in [3.05, 3.63) is 33.8 Å². The van der Waals surface area contributed by atoms with Crippen molar-refractivity contribution in [2.75, 3.05) is 13.1 Å². The fourth-order valence-electron chi connectivity index (χ4n) is 2.46. The summed E-state index contributed by atoms with van der Waals surface area (Å²) in [7, 11) is 0. The maximum absolute atomic E-state index is 12.5. The molecule has 1 aliphatic rings. The molecule has 2 unspecified atom stereocenters. The number of carbonyl (C=O) groups excluding carboxylic acids is 1. The Morgan fingerprint density at radius 2 is 2.15 bits per heavy atom. The lowest BCUT2D eigenvalue weighted by molar-refractivity contribution is 0.0661. The van der Waals surface area contributed by atoms with E-state index in [1.54, 1.807) is 18.2 Å². The van der Waals surface area contributed by atoms with Crippen LogP contribution in [0.3, 0.4) is 0 Å². The van der Waals surface area contributed by atoms with E-state index in [2.05, 4.69) is 0 Å². The van der Waals surface area contributed by atoms with Gasteiger partial charge in [0.15, 0.2) is 0 Å². The summed E-state index contributed by atoms with van der Waals surface area (Å²) in [6.07, 6.45) is 2.06. The number of carbonyl (C=O) groups is 1. The van der Waals surface area contributed by atoms with Crippen molar-refractivity contribution in [2.24, 2.45) is 11.7 Å². The summed E-state index contributed by atoms with van der Waals surface area (Å²) in [5, 5.41) is 0.964. The Morgan fingerprint density at radius 1 is 1.45 bits per heavy atom. The number of hydrogen-bond acceptors (Lipinski definition) is 2. The normalized spacial score (nSPS) is 20.2. The summed E-state index contributed by atoms with van der Waals surface area (Å²) in [5.74, 6) is 0.300. The summed E-state index contributed by atoms with van der Waals surface area (Å²) in [4.78, 5) is 14.3. The van der Waals surface area contributed by atoms with Crippen molar-refractivity contribution < 1.29 is 4.79 Å². The van der Waals surface area contributed by atoms with E-state index < -0.39 is 0 Å². The number of rotatable bonds is 2. The highest BCUT2D eigenvalue weighted by atomic mass is 35.5. The zero-order valence-corrected chi connectivity index (χ0v) is 13.6. The molecule has 1 saturated heterocycles. The highest BCUT2D eigenvalue weighted by Gasteiger charge is 2.27. The molecule has 1 aliphatic heterocycles. The molecule has 2 N–H and O–H groups in total. The van der Waals surface area contributed by atoms with E-state index in [-0.39, 0.29) is 24.4 Å². The summed E-state index contributed by atoms with van der Waals surface area (Å²) in [5.41, 5.74) is 6.41. The minimum absolute atomic E-state index is 0. The van der Waals surface area contributed by atoms with Crippen LogP contribution in [0.25, 0.3) is 0 Å². The summed E-state index contributed by atoms with van der Waals surface area (Å²) in [6, 6.07) is 5.07. The molecular formula is C14H19Cl3N2O. The molecule has 1 aromatic rings. The lowest BCUT2D eigenvalue weighted by Gasteiger charge is -2.34. The number of nitrogens with zero attached hydrogens (tertiary/aromatic N) is 1. The number of nitrogens with two attached hydrogens (primary N) is 1. The van der Waals surface area contributed by atoms with Crippen LogP contribution in [0.15, 0.2) is 18.2 Å². The van der Waals surface area contributed by atoms with Gasteiger partial charge in [-0.15, -0.1) is 12.4 Å². The van der Waals surface area contributed by atoms with E-state index in [1.165, 1.54) is 0 Å². The number of piperidine rings is 1. The lowest BCUT2D eigenvalue weighted by Crippen LogP contribution is -2.45. The van der Waals surface area contributed by atoms with E-state index in [0.29, 0.717) is 28.1 Å². The molecule has 0 radical (unpaired) electrons. The Bertz CT molecular complexity index is 479. The first-order valence-electron chi connectivity index (χ1n) is 6.49. The zero-order valence-electron chi connectivity index (χ0n) is 11.3. The second-order valence-corrected chi connectivity index (χ2v) is 5.98. The number of hydrogen-bond donors (Lipinski definition) is 1. The van der Waals surface area contributed by atoms with Crippen molar-refractivity contribution in [2.45, 2.75) is 25.8 Å². The van der Waals surface area contributed by atoms with Gasteiger partial charge in [0, 0.05) is 24.2 Å². The third-order valence-corrected chi connectivity index (χ3v) is 4.21. The Kier molecular flexibility index (Phi) is 6.59. The minimum Gasteiger partial charge on any atom is -0.338 e. The average Bonchev–Trinajstić information content (AvgIpc) is 2.41. The van der Waals surface area contributed by atoms with Crippen molar-refractivity contribution in [1.82, 2.24) is 4.90 Å². The van der Waals surface area contributed by atoms with Crippen LogP contribution < -0.4 is 5.73 Å². The Labute approximate surface area is 135 Å². The molecule has 2 rings (SSSR count). The average molecular weight is 338 g/mol. The quantitative estimate of drug-likeness (QED) is 0.896. The van der Waals surface area contributed by atoms with Crippen molar-refractivity contribution in [3.63, 3.8) is 0 Å². The number of likely N-dealkylation sites (tertiary alicyclic amines) is 1. The SMILES string of the molecule is CC(N)C1CCCN(C(=O)c2cc(Cl)ccc2Cl)C1.Cl. The van der Waals surface area contributed by atoms with Gasteiger partial charge in [-0.05, 0) is 43.9 Å². The molecule has 0 bridgehead atoms. The lowest BCUT2D eigenvalue weighted by atomic mass is 9.92. The molecule has 0 spiro atoms. The van der Waals surface area contributed by atoms with Gasteiger partial charge in [-0.25, -0.2) is 0 Å². The Hall–Kier alpha value is -0.480. The molecule has 1 fully saturated rings. The molecular weight excluding hydrogens is 319 g/mol. The molecule has 0 saturated carbocycles. The van der Waals surface area contributed by atoms with E-state index in [9.17, 15) is 4.79 Å². The van der Waals surface area contributed by atoms with Gasteiger partial charge in [0.25, 0.3) is 5.91 Å². The van der Waals surface area contributed by atoms with Crippen LogP contribution in [0.1, 0.15) is 30.1 Å². The largest absolute Gasteiger partial charge is 0.338 e. The van der Waals surface area contributed by atoms with Crippen LogP contribution in [0, 0.1) is 5.92 Å². The fourth-order valence-corrected chi connectivity index (χ4v) is 2.83. The van der Waals surface area contributed by atoms with Gasteiger partial charge in [0.1, 0.15) is 0 Å². The maximum Gasteiger partial charge on any atom is 0.255 e. The number of halogens is 3. The second kappa shape index (κ2) is 7.51.